The predicted molar refractivity (Wildman–Crippen MR) is 130 cm³/mol. The summed E-state index contributed by atoms with van der Waals surface area (Å²) in [5.41, 5.74) is 2.68. The molecule has 0 spiro atoms. The molecule has 2 aliphatic rings. The van der Waals surface area contributed by atoms with Crippen molar-refractivity contribution in [3.63, 3.8) is 0 Å². The highest BCUT2D eigenvalue weighted by Crippen LogP contribution is 2.30. The quantitative estimate of drug-likeness (QED) is 0.515. The summed E-state index contributed by atoms with van der Waals surface area (Å²) >= 11 is 0. The molecule has 9 heteroatoms. The number of nitrogens with zero attached hydrogens (tertiary/aromatic N) is 3. The fourth-order valence-electron chi connectivity index (χ4n) is 3.59. The van der Waals surface area contributed by atoms with Gasteiger partial charge in [-0.05, 0) is 69.0 Å². The minimum absolute atomic E-state index is 0.137. The molecule has 2 aromatic rings. The first-order valence-corrected chi connectivity index (χ1v) is 12.1. The largest absolute Gasteiger partial charge is 0.470 e. The van der Waals surface area contributed by atoms with E-state index in [0.29, 0.717) is 18.0 Å². The van der Waals surface area contributed by atoms with Crippen LogP contribution in [0.1, 0.15) is 57.4 Å². The Hall–Kier alpha value is -2.94. The topological polar surface area (TPSA) is 71.3 Å². The number of benzene rings is 1. The maximum absolute atomic E-state index is 12.5. The second kappa shape index (κ2) is 14.5. The first-order chi connectivity index (χ1) is 16.9. The Morgan fingerprint density at radius 2 is 1.80 bits per heavy atom. The van der Waals surface area contributed by atoms with Gasteiger partial charge in [0.1, 0.15) is 6.29 Å². The van der Waals surface area contributed by atoms with Gasteiger partial charge in [0.15, 0.2) is 0 Å². The molecule has 1 aliphatic heterocycles. The lowest BCUT2D eigenvalue weighted by atomic mass is 10.0. The number of carbonyl (C=O) groups is 1. The standard InChI is InChI=1S/C18H18F3N3O.C6H11NO.C2H6/c1-24(15-6-4-2-3-5-7-15)12-13-8-10-14(11-9-13)16-22-23-17(25-16)18(19,20)21;8-5-6-1-3-7-4-2-6;1-2/h4,6-11H,2-3,5,12H2,1H3;5-7H,1-4H2;1-2H3. The van der Waals surface area contributed by atoms with Gasteiger partial charge in [-0.25, -0.2) is 0 Å². The minimum atomic E-state index is -4.63. The number of nitrogens with one attached hydrogen (secondary N) is 1. The summed E-state index contributed by atoms with van der Waals surface area (Å²) < 4.78 is 42.2. The number of aldehydes is 1. The van der Waals surface area contributed by atoms with E-state index in [1.165, 1.54) is 5.70 Å². The van der Waals surface area contributed by atoms with Crippen LogP contribution in [0.5, 0.6) is 0 Å². The first-order valence-electron chi connectivity index (χ1n) is 12.1. The molecule has 0 radical (unpaired) electrons. The molecule has 35 heavy (non-hydrogen) atoms. The summed E-state index contributed by atoms with van der Waals surface area (Å²) in [6.07, 6.45) is 8.32. The SMILES string of the molecule is CC.CN(Cc1ccc(-c2nnc(C(F)(F)F)o2)cc1)C1=CCCCC=C1.O=CC1CCNCC1. The zero-order valence-corrected chi connectivity index (χ0v) is 20.6. The van der Waals surface area contributed by atoms with E-state index in [1.807, 2.05) is 33.0 Å². The zero-order valence-electron chi connectivity index (χ0n) is 20.6. The third-order valence-electron chi connectivity index (χ3n) is 5.52. The average Bonchev–Trinajstić information content (AvgIpc) is 3.23. The molecule has 2 heterocycles. The van der Waals surface area contributed by atoms with Crippen LogP contribution in [-0.2, 0) is 17.5 Å². The Balaban J connectivity index is 0.000000363. The van der Waals surface area contributed by atoms with Crippen LogP contribution < -0.4 is 5.32 Å². The van der Waals surface area contributed by atoms with Crippen molar-refractivity contribution in [2.45, 2.75) is 58.7 Å². The molecule has 1 N–H and O–H groups in total. The Kier molecular flexibility index (Phi) is 11.7. The Labute approximate surface area is 205 Å². The van der Waals surface area contributed by atoms with Gasteiger partial charge in [-0.3, -0.25) is 0 Å². The molecule has 0 amide bonds. The molecular formula is C26H35F3N4O2. The van der Waals surface area contributed by atoms with E-state index in [0.717, 1.165) is 57.0 Å². The third-order valence-corrected chi connectivity index (χ3v) is 5.52. The van der Waals surface area contributed by atoms with E-state index in [-0.39, 0.29) is 5.89 Å². The number of aromatic nitrogens is 2. The van der Waals surface area contributed by atoms with Crippen LogP contribution in [0.15, 0.2) is 52.6 Å². The molecule has 0 bridgehead atoms. The monoisotopic (exact) mass is 492 g/mol. The minimum Gasteiger partial charge on any atom is -0.413 e. The molecule has 1 aromatic heterocycles. The van der Waals surface area contributed by atoms with Crippen molar-refractivity contribution >= 4 is 6.29 Å². The van der Waals surface area contributed by atoms with E-state index in [1.54, 1.807) is 12.1 Å². The van der Waals surface area contributed by atoms with Gasteiger partial charge < -0.3 is 19.4 Å². The van der Waals surface area contributed by atoms with Gasteiger partial charge in [0, 0.05) is 30.8 Å². The van der Waals surface area contributed by atoms with Crippen molar-refractivity contribution in [2.75, 3.05) is 20.1 Å². The number of allylic oxidation sites excluding steroid dienone is 3. The maximum Gasteiger partial charge on any atom is 0.470 e. The van der Waals surface area contributed by atoms with Crippen molar-refractivity contribution in [3.05, 3.63) is 59.6 Å². The van der Waals surface area contributed by atoms with E-state index in [2.05, 4.69) is 43.1 Å². The summed E-state index contributed by atoms with van der Waals surface area (Å²) in [4.78, 5) is 12.3. The van der Waals surface area contributed by atoms with Crippen molar-refractivity contribution in [1.82, 2.24) is 20.4 Å². The maximum atomic E-state index is 12.5. The summed E-state index contributed by atoms with van der Waals surface area (Å²) in [5, 5.41) is 9.69. The molecule has 1 aromatic carbocycles. The van der Waals surface area contributed by atoms with Crippen LogP contribution in [0.25, 0.3) is 11.5 Å². The average molecular weight is 493 g/mol. The molecule has 192 valence electrons. The summed E-state index contributed by atoms with van der Waals surface area (Å²) in [6.45, 7) is 6.74. The highest BCUT2D eigenvalue weighted by molar-refractivity contribution is 5.53. The second-order valence-corrected chi connectivity index (χ2v) is 8.15. The number of halogens is 3. The highest BCUT2D eigenvalue weighted by Gasteiger charge is 2.38. The normalized spacial score (nSPS) is 16.1. The molecule has 0 saturated carbocycles. The zero-order chi connectivity index (χ0) is 25.7. The fraction of sp³-hybridized carbons (Fsp3) is 0.500. The number of likely N-dealkylation sites (N-methyl/N-ethyl adjacent to an activating group) is 1. The Morgan fingerprint density at radius 3 is 2.37 bits per heavy atom. The summed E-state index contributed by atoms with van der Waals surface area (Å²) in [6, 6.07) is 7.08. The van der Waals surface area contributed by atoms with Crippen molar-refractivity contribution in [3.8, 4) is 11.5 Å². The summed E-state index contributed by atoms with van der Waals surface area (Å²) in [7, 11) is 2.02. The molecule has 1 aliphatic carbocycles. The van der Waals surface area contributed by atoms with Crippen LogP contribution in [0.4, 0.5) is 13.2 Å². The Bertz CT molecular complexity index is 946. The van der Waals surface area contributed by atoms with Crippen LogP contribution in [0.2, 0.25) is 0 Å². The first kappa shape index (κ1) is 28.3. The molecule has 4 rings (SSSR count). The smallest absolute Gasteiger partial charge is 0.413 e. The molecule has 0 atom stereocenters. The fourth-order valence-corrected chi connectivity index (χ4v) is 3.59. The van der Waals surface area contributed by atoms with Crippen molar-refractivity contribution in [1.29, 1.82) is 0 Å². The molecule has 6 nitrogen and oxygen atoms in total. The van der Waals surface area contributed by atoms with Gasteiger partial charge in [-0.2, -0.15) is 13.2 Å². The number of hydrogen-bond acceptors (Lipinski definition) is 6. The Morgan fingerprint density at radius 1 is 1.11 bits per heavy atom. The molecule has 1 saturated heterocycles. The van der Waals surface area contributed by atoms with Gasteiger partial charge in [0.25, 0.3) is 0 Å². The molecule has 0 unspecified atom stereocenters. The van der Waals surface area contributed by atoms with E-state index < -0.39 is 12.1 Å². The van der Waals surface area contributed by atoms with Crippen LogP contribution in [0.3, 0.4) is 0 Å². The lowest BCUT2D eigenvalue weighted by Gasteiger charge is -2.20. The number of carbonyl (C=O) groups excluding carboxylic acids is 1. The lowest BCUT2D eigenvalue weighted by Crippen LogP contribution is -2.28. The van der Waals surface area contributed by atoms with Crippen LogP contribution in [0, 0.1) is 5.92 Å². The van der Waals surface area contributed by atoms with E-state index >= 15 is 0 Å². The van der Waals surface area contributed by atoms with Gasteiger partial charge >= 0.3 is 12.1 Å². The molecular weight excluding hydrogens is 457 g/mol. The van der Waals surface area contributed by atoms with Gasteiger partial charge in [-0.1, -0.05) is 38.1 Å². The number of rotatable bonds is 5. The van der Waals surface area contributed by atoms with E-state index in [9.17, 15) is 18.0 Å². The van der Waals surface area contributed by atoms with E-state index in [4.69, 9.17) is 0 Å². The van der Waals surface area contributed by atoms with Crippen molar-refractivity contribution in [2.24, 2.45) is 5.92 Å². The van der Waals surface area contributed by atoms with Gasteiger partial charge in [0.05, 0.1) is 0 Å². The lowest BCUT2D eigenvalue weighted by molar-refractivity contribution is -0.156. The highest BCUT2D eigenvalue weighted by atomic mass is 19.4. The third kappa shape index (κ3) is 9.32. The molecule has 1 fully saturated rings. The van der Waals surface area contributed by atoms with Crippen LogP contribution in [-0.4, -0.2) is 41.5 Å². The van der Waals surface area contributed by atoms with Gasteiger partial charge in [-0.15, -0.1) is 10.2 Å². The number of hydrogen-bond donors (Lipinski definition) is 1. The predicted octanol–water partition coefficient (Wildman–Crippen LogP) is 6.02. The summed E-state index contributed by atoms with van der Waals surface area (Å²) in [5.74, 6) is -1.13. The van der Waals surface area contributed by atoms with Gasteiger partial charge in [0.2, 0.25) is 5.89 Å². The van der Waals surface area contributed by atoms with Crippen molar-refractivity contribution < 1.29 is 22.4 Å². The number of piperidine rings is 1. The second-order valence-electron chi connectivity index (χ2n) is 8.15. The van der Waals surface area contributed by atoms with Crippen LogP contribution >= 0.6 is 0 Å². The number of alkyl halides is 3.